The van der Waals surface area contributed by atoms with Crippen LogP contribution >= 0.6 is 11.6 Å². The van der Waals surface area contributed by atoms with Crippen LogP contribution < -0.4 is 5.32 Å². The topological polar surface area (TPSA) is 49.4 Å². The van der Waals surface area contributed by atoms with E-state index in [9.17, 15) is 9.59 Å². The summed E-state index contributed by atoms with van der Waals surface area (Å²) in [7, 11) is 0. The highest BCUT2D eigenvalue weighted by Gasteiger charge is 2.37. The number of amides is 2. The van der Waals surface area contributed by atoms with Gasteiger partial charge in [-0.1, -0.05) is 68.4 Å². The summed E-state index contributed by atoms with van der Waals surface area (Å²) in [5.41, 5.74) is 2.02. The standard InChI is InChI=1S/C23H33ClN2O2/c1-17-12-14-18(15-13-17)22(23(28)25-19-8-4-2-5-9-19)26(21(27)16-24)20-10-6-3-7-11-20/h12-15,19-20,22H,2-11,16H2,1H3,(H,25,28)/t22-/m1/s1. The maximum atomic E-state index is 13.5. The molecule has 154 valence electrons. The highest BCUT2D eigenvalue weighted by atomic mass is 35.5. The van der Waals surface area contributed by atoms with Gasteiger partial charge in [-0.2, -0.15) is 0 Å². The Hall–Kier alpha value is -1.55. The first-order valence-electron chi connectivity index (χ1n) is 10.8. The van der Waals surface area contributed by atoms with E-state index in [0.717, 1.165) is 62.5 Å². The minimum absolute atomic E-state index is 0.0557. The minimum atomic E-state index is -0.600. The van der Waals surface area contributed by atoms with Gasteiger partial charge in [0.25, 0.3) is 0 Å². The van der Waals surface area contributed by atoms with Crippen LogP contribution in [0.25, 0.3) is 0 Å². The number of nitrogens with one attached hydrogen (secondary N) is 1. The van der Waals surface area contributed by atoms with E-state index in [1.165, 1.54) is 12.8 Å². The van der Waals surface area contributed by atoms with Crippen molar-refractivity contribution >= 4 is 23.4 Å². The molecule has 2 saturated carbocycles. The Labute approximate surface area is 174 Å². The van der Waals surface area contributed by atoms with Crippen LogP contribution in [0.5, 0.6) is 0 Å². The Morgan fingerprint density at radius 3 is 2.14 bits per heavy atom. The number of benzene rings is 1. The number of nitrogens with zero attached hydrogens (tertiary/aromatic N) is 1. The van der Waals surface area contributed by atoms with Gasteiger partial charge in [-0.25, -0.2) is 0 Å². The van der Waals surface area contributed by atoms with Crippen molar-refractivity contribution in [2.75, 3.05) is 5.88 Å². The SMILES string of the molecule is Cc1ccc([C@H](C(=O)NC2CCCCC2)N(C(=O)CCl)C2CCCCC2)cc1. The zero-order valence-electron chi connectivity index (χ0n) is 17.0. The summed E-state index contributed by atoms with van der Waals surface area (Å²) in [6.07, 6.45) is 10.9. The van der Waals surface area contributed by atoms with Crippen molar-refractivity contribution in [1.82, 2.24) is 10.2 Å². The largest absolute Gasteiger partial charge is 0.351 e. The molecule has 2 aliphatic carbocycles. The zero-order chi connectivity index (χ0) is 19.9. The lowest BCUT2D eigenvalue weighted by Gasteiger charge is -2.40. The second-order valence-electron chi connectivity index (χ2n) is 8.38. The van der Waals surface area contributed by atoms with Crippen molar-refractivity contribution < 1.29 is 9.59 Å². The van der Waals surface area contributed by atoms with Crippen molar-refractivity contribution in [2.24, 2.45) is 0 Å². The summed E-state index contributed by atoms with van der Waals surface area (Å²) in [4.78, 5) is 28.2. The monoisotopic (exact) mass is 404 g/mol. The van der Waals surface area contributed by atoms with E-state index in [1.807, 2.05) is 31.2 Å². The third kappa shape index (κ3) is 5.28. The third-order valence-corrected chi connectivity index (χ3v) is 6.47. The molecule has 0 aliphatic heterocycles. The lowest BCUT2D eigenvalue weighted by Crippen LogP contribution is -2.51. The molecule has 0 bridgehead atoms. The number of rotatable bonds is 6. The molecule has 4 nitrogen and oxygen atoms in total. The van der Waals surface area contributed by atoms with Gasteiger partial charge in [0.15, 0.2) is 0 Å². The van der Waals surface area contributed by atoms with Crippen LogP contribution in [-0.2, 0) is 9.59 Å². The number of hydrogen-bond donors (Lipinski definition) is 1. The zero-order valence-corrected chi connectivity index (χ0v) is 17.7. The lowest BCUT2D eigenvalue weighted by molar-refractivity contribution is -0.143. The summed E-state index contributed by atoms with van der Waals surface area (Å²) in [5.74, 6) is -0.284. The van der Waals surface area contributed by atoms with Gasteiger partial charge < -0.3 is 10.2 Å². The number of alkyl halides is 1. The van der Waals surface area contributed by atoms with Crippen LogP contribution in [0.1, 0.15) is 81.4 Å². The molecule has 1 aromatic rings. The Kier molecular flexibility index (Phi) is 7.78. The smallest absolute Gasteiger partial charge is 0.247 e. The van der Waals surface area contributed by atoms with Crippen LogP contribution in [0.4, 0.5) is 0 Å². The Morgan fingerprint density at radius 2 is 1.57 bits per heavy atom. The van der Waals surface area contributed by atoms with E-state index in [1.54, 1.807) is 4.90 Å². The summed E-state index contributed by atoms with van der Waals surface area (Å²) < 4.78 is 0. The van der Waals surface area contributed by atoms with Gasteiger partial charge in [-0.15, -0.1) is 11.6 Å². The minimum Gasteiger partial charge on any atom is -0.351 e. The third-order valence-electron chi connectivity index (χ3n) is 6.24. The van der Waals surface area contributed by atoms with Gasteiger partial charge in [0.1, 0.15) is 11.9 Å². The van der Waals surface area contributed by atoms with Crippen LogP contribution in [0.3, 0.4) is 0 Å². The average Bonchev–Trinajstić information content (AvgIpc) is 2.73. The van der Waals surface area contributed by atoms with Crippen molar-refractivity contribution in [1.29, 1.82) is 0 Å². The lowest BCUT2D eigenvalue weighted by atomic mass is 9.90. The summed E-state index contributed by atoms with van der Waals surface area (Å²) >= 11 is 6.00. The van der Waals surface area contributed by atoms with E-state index in [2.05, 4.69) is 5.32 Å². The first-order chi connectivity index (χ1) is 13.6. The van der Waals surface area contributed by atoms with E-state index in [0.29, 0.717) is 0 Å². The average molecular weight is 405 g/mol. The molecule has 0 saturated heterocycles. The van der Waals surface area contributed by atoms with E-state index < -0.39 is 6.04 Å². The van der Waals surface area contributed by atoms with Gasteiger partial charge in [-0.3, -0.25) is 9.59 Å². The van der Waals surface area contributed by atoms with Gasteiger partial charge in [-0.05, 0) is 38.2 Å². The molecule has 1 aromatic carbocycles. The number of carbonyl (C=O) groups is 2. The molecular formula is C23H33ClN2O2. The molecule has 2 fully saturated rings. The number of hydrogen-bond acceptors (Lipinski definition) is 2. The fourth-order valence-electron chi connectivity index (χ4n) is 4.70. The molecule has 28 heavy (non-hydrogen) atoms. The fourth-order valence-corrected chi connectivity index (χ4v) is 4.84. The molecule has 1 N–H and O–H groups in total. The van der Waals surface area contributed by atoms with Gasteiger partial charge in [0.2, 0.25) is 11.8 Å². The van der Waals surface area contributed by atoms with Crippen molar-refractivity contribution in [3.05, 3.63) is 35.4 Å². The number of halogens is 1. The number of aryl methyl sites for hydroxylation is 1. The normalized spacial score (nSPS) is 19.8. The van der Waals surface area contributed by atoms with E-state index in [-0.39, 0.29) is 29.8 Å². The molecular weight excluding hydrogens is 372 g/mol. The maximum absolute atomic E-state index is 13.5. The number of carbonyl (C=O) groups excluding carboxylic acids is 2. The van der Waals surface area contributed by atoms with E-state index in [4.69, 9.17) is 11.6 Å². The highest BCUT2D eigenvalue weighted by Crippen LogP contribution is 2.32. The van der Waals surface area contributed by atoms with Crippen LogP contribution in [0.2, 0.25) is 0 Å². The molecule has 0 unspecified atom stereocenters. The Balaban J connectivity index is 1.90. The Bertz CT molecular complexity index is 649. The van der Waals surface area contributed by atoms with Gasteiger partial charge in [0.05, 0.1) is 0 Å². The van der Waals surface area contributed by atoms with Crippen molar-refractivity contribution in [3.8, 4) is 0 Å². The second kappa shape index (κ2) is 10.3. The first-order valence-corrected chi connectivity index (χ1v) is 11.4. The summed E-state index contributed by atoms with van der Waals surface area (Å²) in [6.45, 7) is 2.03. The predicted molar refractivity (Wildman–Crippen MR) is 113 cm³/mol. The quantitative estimate of drug-likeness (QED) is 0.686. The molecule has 0 spiro atoms. The molecule has 3 rings (SSSR count). The van der Waals surface area contributed by atoms with Gasteiger partial charge in [0, 0.05) is 12.1 Å². The fraction of sp³-hybridized carbons (Fsp3) is 0.652. The van der Waals surface area contributed by atoms with Gasteiger partial charge >= 0.3 is 0 Å². The van der Waals surface area contributed by atoms with Crippen LogP contribution in [0, 0.1) is 6.92 Å². The van der Waals surface area contributed by atoms with Crippen molar-refractivity contribution in [3.63, 3.8) is 0 Å². The summed E-state index contributed by atoms with van der Waals surface area (Å²) in [6, 6.07) is 7.70. The molecule has 0 heterocycles. The maximum Gasteiger partial charge on any atom is 0.247 e. The molecule has 2 amide bonds. The predicted octanol–water partition coefficient (Wildman–Crippen LogP) is 4.89. The molecule has 0 aromatic heterocycles. The first kappa shape index (κ1) is 21.2. The van der Waals surface area contributed by atoms with Crippen molar-refractivity contribution in [2.45, 2.75) is 89.3 Å². The Morgan fingerprint density at radius 1 is 1.00 bits per heavy atom. The van der Waals surface area contributed by atoms with E-state index >= 15 is 0 Å². The highest BCUT2D eigenvalue weighted by molar-refractivity contribution is 6.27. The molecule has 2 aliphatic rings. The van der Waals surface area contributed by atoms with Crippen LogP contribution in [0.15, 0.2) is 24.3 Å². The second-order valence-corrected chi connectivity index (χ2v) is 8.65. The molecule has 0 radical (unpaired) electrons. The summed E-state index contributed by atoms with van der Waals surface area (Å²) in [5, 5.41) is 3.25. The molecule has 1 atom stereocenters. The van der Waals surface area contributed by atoms with Crippen LogP contribution in [-0.4, -0.2) is 34.7 Å². The molecule has 5 heteroatoms.